The summed E-state index contributed by atoms with van der Waals surface area (Å²) >= 11 is 7.15. The molecule has 0 radical (unpaired) electrons. The highest BCUT2D eigenvalue weighted by Gasteiger charge is 2.14. The van der Waals surface area contributed by atoms with Crippen molar-refractivity contribution >= 4 is 40.1 Å². The van der Waals surface area contributed by atoms with E-state index < -0.39 is 5.91 Å². The lowest BCUT2D eigenvalue weighted by molar-refractivity contribution is -0.112. The first-order chi connectivity index (χ1) is 16.0. The number of amides is 1. The van der Waals surface area contributed by atoms with Crippen LogP contribution in [-0.4, -0.2) is 20.7 Å². The van der Waals surface area contributed by atoms with E-state index in [4.69, 9.17) is 16.3 Å². The first kappa shape index (κ1) is 22.3. The average molecular weight is 476 g/mol. The summed E-state index contributed by atoms with van der Waals surface area (Å²) in [4.78, 5) is 12.7. The number of rotatable bonds is 7. The predicted molar refractivity (Wildman–Crippen MR) is 128 cm³/mol. The minimum absolute atomic E-state index is 0.0585. The Morgan fingerprint density at radius 1 is 1.18 bits per heavy atom. The molecule has 0 saturated carbocycles. The summed E-state index contributed by atoms with van der Waals surface area (Å²) in [6.45, 7) is 2.19. The summed E-state index contributed by atoms with van der Waals surface area (Å²) in [6, 6.07) is 20.5. The van der Waals surface area contributed by atoms with Crippen LogP contribution in [0.4, 0.5) is 5.13 Å². The van der Waals surface area contributed by atoms with E-state index in [1.54, 1.807) is 12.1 Å². The van der Waals surface area contributed by atoms with E-state index in [1.165, 1.54) is 17.4 Å². The molecule has 0 unspecified atom stereocenters. The van der Waals surface area contributed by atoms with Gasteiger partial charge in [0.25, 0.3) is 5.91 Å². The summed E-state index contributed by atoms with van der Waals surface area (Å²) in [7, 11) is 0. The molecular formula is C24H18ClN5O2S. The molecule has 0 aliphatic heterocycles. The van der Waals surface area contributed by atoms with Crippen LogP contribution in [-0.2, 0) is 11.4 Å². The van der Waals surface area contributed by atoms with E-state index in [2.05, 4.69) is 15.5 Å². The maximum absolute atomic E-state index is 12.7. The van der Waals surface area contributed by atoms with Crippen molar-refractivity contribution in [3.05, 3.63) is 93.7 Å². The summed E-state index contributed by atoms with van der Waals surface area (Å²) < 4.78 is 7.62. The lowest BCUT2D eigenvalue weighted by Gasteiger charge is -2.07. The van der Waals surface area contributed by atoms with Crippen LogP contribution in [0.25, 0.3) is 11.8 Å². The molecule has 0 aliphatic carbocycles. The standard InChI is InChI=1S/C24H18ClN5O2S/c1-16-5-2-3-7-21(16)32-15-22-28-29-24(33-22)27-23(31)17(14-26)13-20-6-4-12-30(20)19-10-8-18(25)9-11-19/h2-13H,15H2,1H3,(H,27,29,31)/b17-13-. The third-order valence-corrected chi connectivity index (χ3v) is 5.74. The van der Waals surface area contributed by atoms with Crippen LogP contribution < -0.4 is 10.1 Å². The molecule has 0 saturated heterocycles. The number of nitrogens with one attached hydrogen (secondary N) is 1. The van der Waals surface area contributed by atoms with Gasteiger partial charge in [-0.2, -0.15) is 5.26 Å². The molecule has 7 nitrogen and oxygen atoms in total. The van der Waals surface area contributed by atoms with E-state index in [0.717, 1.165) is 17.0 Å². The number of aromatic nitrogens is 3. The molecule has 2 aromatic heterocycles. The smallest absolute Gasteiger partial charge is 0.268 e. The van der Waals surface area contributed by atoms with Crippen LogP contribution >= 0.6 is 22.9 Å². The van der Waals surface area contributed by atoms with Gasteiger partial charge in [0.2, 0.25) is 5.13 Å². The fourth-order valence-corrected chi connectivity index (χ4v) is 3.80. The lowest BCUT2D eigenvalue weighted by Crippen LogP contribution is -2.13. The number of hydrogen-bond acceptors (Lipinski definition) is 6. The van der Waals surface area contributed by atoms with Gasteiger partial charge in [-0.1, -0.05) is 41.1 Å². The van der Waals surface area contributed by atoms with Crippen molar-refractivity contribution in [3.8, 4) is 17.5 Å². The van der Waals surface area contributed by atoms with Crippen LogP contribution in [0.5, 0.6) is 5.75 Å². The second-order valence-electron chi connectivity index (χ2n) is 6.96. The summed E-state index contributed by atoms with van der Waals surface area (Å²) in [6.07, 6.45) is 3.36. The average Bonchev–Trinajstić information content (AvgIpc) is 3.46. The Morgan fingerprint density at radius 3 is 2.73 bits per heavy atom. The summed E-state index contributed by atoms with van der Waals surface area (Å²) in [5.41, 5.74) is 2.49. The number of nitriles is 1. The van der Waals surface area contributed by atoms with Crippen LogP contribution in [0.1, 0.15) is 16.3 Å². The molecule has 4 aromatic rings. The van der Waals surface area contributed by atoms with Gasteiger partial charge in [0.05, 0.1) is 0 Å². The van der Waals surface area contributed by atoms with Gasteiger partial charge in [0.1, 0.15) is 24.0 Å². The van der Waals surface area contributed by atoms with Crippen molar-refractivity contribution in [1.82, 2.24) is 14.8 Å². The number of nitrogens with zero attached hydrogens (tertiary/aromatic N) is 4. The highest BCUT2D eigenvalue weighted by Crippen LogP contribution is 2.22. The monoisotopic (exact) mass is 475 g/mol. The van der Waals surface area contributed by atoms with Crippen molar-refractivity contribution in [2.24, 2.45) is 0 Å². The zero-order chi connectivity index (χ0) is 23.2. The number of halogens is 1. The van der Waals surface area contributed by atoms with Crippen molar-refractivity contribution in [2.75, 3.05) is 5.32 Å². The first-order valence-electron chi connectivity index (χ1n) is 9.91. The van der Waals surface area contributed by atoms with Gasteiger partial charge in [-0.25, -0.2) is 0 Å². The molecule has 1 amide bonds. The number of ether oxygens (including phenoxy) is 1. The predicted octanol–water partition coefficient (Wildman–Crippen LogP) is 5.42. The number of para-hydroxylation sites is 1. The van der Waals surface area contributed by atoms with Gasteiger partial charge in [0.15, 0.2) is 5.01 Å². The van der Waals surface area contributed by atoms with Crippen LogP contribution in [0, 0.1) is 18.3 Å². The second kappa shape index (κ2) is 10.1. The number of anilines is 1. The normalized spacial score (nSPS) is 11.1. The number of aryl methyl sites for hydroxylation is 1. The van der Waals surface area contributed by atoms with Crippen molar-refractivity contribution < 1.29 is 9.53 Å². The minimum atomic E-state index is -0.566. The third-order valence-electron chi connectivity index (χ3n) is 4.67. The Bertz CT molecular complexity index is 1350. The number of hydrogen-bond donors (Lipinski definition) is 1. The topological polar surface area (TPSA) is 92.8 Å². The maximum Gasteiger partial charge on any atom is 0.268 e. The first-order valence-corrected chi connectivity index (χ1v) is 11.1. The van der Waals surface area contributed by atoms with Gasteiger partial charge in [-0.05, 0) is 61.0 Å². The number of carbonyl (C=O) groups is 1. The molecule has 0 fully saturated rings. The molecule has 0 bridgehead atoms. The minimum Gasteiger partial charge on any atom is -0.486 e. The number of benzene rings is 2. The van der Waals surface area contributed by atoms with Crippen LogP contribution in [0.3, 0.4) is 0 Å². The maximum atomic E-state index is 12.7. The molecule has 4 rings (SSSR count). The van der Waals surface area contributed by atoms with Gasteiger partial charge in [-0.15, -0.1) is 10.2 Å². The lowest BCUT2D eigenvalue weighted by atomic mass is 10.2. The number of carbonyl (C=O) groups excluding carboxylic acids is 1. The second-order valence-corrected chi connectivity index (χ2v) is 8.46. The van der Waals surface area contributed by atoms with Gasteiger partial charge >= 0.3 is 0 Å². The molecule has 0 atom stereocenters. The van der Waals surface area contributed by atoms with Crippen LogP contribution in [0.2, 0.25) is 5.02 Å². The molecule has 0 spiro atoms. The Morgan fingerprint density at radius 2 is 1.97 bits per heavy atom. The summed E-state index contributed by atoms with van der Waals surface area (Å²) in [5, 5.41) is 21.7. The summed E-state index contributed by atoms with van der Waals surface area (Å²) in [5.74, 6) is 0.195. The van der Waals surface area contributed by atoms with E-state index in [9.17, 15) is 10.1 Å². The molecular weight excluding hydrogens is 458 g/mol. The Labute approximate surface area is 199 Å². The zero-order valence-electron chi connectivity index (χ0n) is 17.5. The van der Waals surface area contributed by atoms with Crippen molar-refractivity contribution in [2.45, 2.75) is 13.5 Å². The molecule has 1 N–H and O–H groups in total. The highest BCUT2D eigenvalue weighted by atomic mass is 35.5. The van der Waals surface area contributed by atoms with Gasteiger partial charge < -0.3 is 9.30 Å². The highest BCUT2D eigenvalue weighted by molar-refractivity contribution is 7.15. The van der Waals surface area contributed by atoms with E-state index in [-0.39, 0.29) is 17.3 Å². The van der Waals surface area contributed by atoms with Crippen LogP contribution in [0.15, 0.2) is 72.4 Å². The zero-order valence-corrected chi connectivity index (χ0v) is 19.1. The fraction of sp³-hybridized carbons (Fsp3) is 0.0833. The molecule has 164 valence electrons. The Hall–Kier alpha value is -3.93. The van der Waals surface area contributed by atoms with Gasteiger partial charge in [0, 0.05) is 22.6 Å². The molecule has 2 heterocycles. The molecule has 33 heavy (non-hydrogen) atoms. The van der Waals surface area contributed by atoms with E-state index in [0.29, 0.717) is 15.7 Å². The molecule has 2 aromatic carbocycles. The Balaban J connectivity index is 1.45. The SMILES string of the molecule is Cc1ccccc1OCc1nnc(NC(=O)/C(C#N)=C\c2cccn2-c2ccc(Cl)cc2)s1. The van der Waals surface area contributed by atoms with Crippen molar-refractivity contribution in [3.63, 3.8) is 0 Å². The fourth-order valence-electron chi connectivity index (χ4n) is 3.03. The van der Waals surface area contributed by atoms with E-state index in [1.807, 2.05) is 72.3 Å². The van der Waals surface area contributed by atoms with Crippen molar-refractivity contribution in [1.29, 1.82) is 5.26 Å². The van der Waals surface area contributed by atoms with Gasteiger partial charge in [-0.3, -0.25) is 10.1 Å². The quantitative estimate of drug-likeness (QED) is 0.285. The third kappa shape index (κ3) is 5.47. The molecule has 0 aliphatic rings. The molecule has 9 heteroatoms. The Kier molecular flexibility index (Phi) is 6.83. The largest absolute Gasteiger partial charge is 0.486 e. The van der Waals surface area contributed by atoms with E-state index >= 15 is 0 Å².